The number of hydrogen-bond donors (Lipinski definition) is 1. The summed E-state index contributed by atoms with van der Waals surface area (Å²) < 4.78 is 29.0. The van der Waals surface area contributed by atoms with Crippen molar-refractivity contribution in [2.75, 3.05) is 11.9 Å². The zero-order chi connectivity index (χ0) is 15.4. The molecule has 21 heavy (non-hydrogen) atoms. The lowest BCUT2D eigenvalue weighted by atomic mass is 10.2. The molecule has 0 bridgehead atoms. The number of nitrogens with zero attached hydrogens (tertiary/aromatic N) is 1. The summed E-state index contributed by atoms with van der Waals surface area (Å²) in [6.07, 6.45) is 1.30. The maximum atomic E-state index is 12.3. The van der Waals surface area contributed by atoms with Crippen LogP contribution in [-0.4, -0.2) is 35.9 Å². The minimum atomic E-state index is -2.97. The van der Waals surface area contributed by atoms with Gasteiger partial charge in [-0.15, -0.1) is 0 Å². The minimum absolute atomic E-state index is 0.103. The van der Waals surface area contributed by atoms with Crippen LogP contribution in [0.1, 0.15) is 19.8 Å². The number of carbonyl (C=O) groups excluding carboxylic acids is 2. The predicted molar refractivity (Wildman–Crippen MR) is 72.1 cm³/mol. The highest BCUT2D eigenvalue weighted by atomic mass is 19.3. The Labute approximate surface area is 120 Å². The first kappa shape index (κ1) is 15.2. The van der Waals surface area contributed by atoms with Crippen LogP contribution in [0.4, 0.5) is 14.5 Å². The Morgan fingerprint density at radius 2 is 2.10 bits per heavy atom. The molecule has 1 aliphatic heterocycles. The first-order valence-corrected chi connectivity index (χ1v) is 6.61. The molecular formula is C14H16F2N2O3. The van der Waals surface area contributed by atoms with Gasteiger partial charge in [0.15, 0.2) is 0 Å². The van der Waals surface area contributed by atoms with Crippen LogP contribution in [0, 0.1) is 0 Å². The zero-order valence-corrected chi connectivity index (χ0v) is 11.5. The third-order valence-corrected chi connectivity index (χ3v) is 3.32. The number of carbonyl (C=O) groups is 2. The minimum Gasteiger partial charge on any atom is -0.433 e. The van der Waals surface area contributed by atoms with Crippen molar-refractivity contribution in [3.05, 3.63) is 24.3 Å². The lowest BCUT2D eigenvalue weighted by Gasteiger charge is -2.22. The van der Waals surface area contributed by atoms with Gasteiger partial charge in [-0.2, -0.15) is 8.78 Å². The average molecular weight is 298 g/mol. The Morgan fingerprint density at radius 1 is 1.38 bits per heavy atom. The van der Waals surface area contributed by atoms with E-state index in [-0.39, 0.29) is 17.3 Å². The van der Waals surface area contributed by atoms with E-state index in [1.54, 1.807) is 6.07 Å². The highest BCUT2D eigenvalue weighted by Crippen LogP contribution is 2.27. The average Bonchev–Trinajstić information content (AvgIpc) is 2.90. The third kappa shape index (κ3) is 3.68. The van der Waals surface area contributed by atoms with Crippen molar-refractivity contribution in [1.29, 1.82) is 0 Å². The lowest BCUT2D eigenvalue weighted by molar-refractivity contribution is -0.134. The van der Waals surface area contributed by atoms with Crippen LogP contribution in [0.25, 0.3) is 0 Å². The molecule has 1 unspecified atom stereocenters. The molecule has 1 aromatic rings. The summed E-state index contributed by atoms with van der Waals surface area (Å²) >= 11 is 0. The van der Waals surface area contributed by atoms with E-state index in [0.29, 0.717) is 13.0 Å². The van der Waals surface area contributed by atoms with Crippen LogP contribution in [0.5, 0.6) is 5.75 Å². The quantitative estimate of drug-likeness (QED) is 0.927. The smallest absolute Gasteiger partial charge is 0.387 e. The van der Waals surface area contributed by atoms with Gasteiger partial charge in [0.2, 0.25) is 11.8 Å². The number of benzene rings is 1. The fourth-order valence-electron chi connectivity index (χ4n) is 2.40. The summed E-state index contributed by atoms with van der Waals surface area (Å²) in [6.45, 7) is -1.04. The standard InChI is InChI=1S/C14H16F2N2O3/c1-9(19)18-8-4-6-11(18)13(20)17-10-5-2-3-7-12(10)21-14(15)16/h2-3,5,7,11,14H,4,6,8H2,1H3,(H,17,20). The number of halogens is 2. The van der Waals surface area contributed by atoms with E-state index in [4.69, 9.17) is 0 Å². The highest BCUT2D eigenvalue weighted by molar-refractivity contribution is 5.98. The molecule has 1 atom stereocenters. The van der Waals surface area contributed by atoms with Crippen LogP contribution in [0.3, 0.4) is 0 Å². The van der Waals surface area contributed by atoms with E-state index in [2.05, 4.69) is 10.1 Å². The number of alkyl halides is 2. The molecule has 7 heteroatoms. The van der Waals surface area contributed by atoms with Gasteiger partial charge in [-0.1, -0.05) is 12.1 Å². The summed E-state index contributed by atoms with van der Waals surface area (Å²) in [4.78, 5) is 25.1. The van der Waals surface area contributed by atoms with Crippen LogP contribution in [-0.2, 0) is 9.59 Å². The molecule has 0 aliphatic carbocycles. The Morgan fingerprint density at radius 3 is 2.76 bits per heavy atom. The van der Waals surface area contributed by atoms with Crippen molar-refractivity contribution in [3.63, 3.8) is 0 Å². The molecule has 1 aromatic carbocycles. The molecule has 1 heterocycles. The second-order valence-electron chi connectivity index (χ2n) is 4.73. The summed E-state index contributed by atoms with van der Waals surface area (Å²) in [5.74, 6) is -0.675. The van der Waals surface area contributed by atoms with E-state index < -0.39 is 18.6 Å². The normalized spacial score (nSPS) is 17.9. The van der Waals surface area contributed by atoms with Gasteiger partial charge < -0.3 is 15.0 Å². The Kier molecular flexibility index (Phi) is 4.72. The first-order valence-electron chi connectivity index (χ1n) is 6.61. The number of ether oxygens (including phenoxy) is 1. The van der Waals surface area contributed by atoms with Gasteiger partial charge >= 0.3 is 6.61 Å². The topological polar surface area (TPSA) is 58.6 Å². The second kappa shape index (κ2) is 6.51. The molecule has 114 valence electrons. The maximum Gasteiger partial charge on any atom is 0.387 e. The number of para-hydroxylation sites is 2. The van der Waals surface area contributed by atoms with E-state index in [1.807, 2.05) is 0 Å². The van der Waals surface area contributed by atoms with E-state index >= 15 is 0 Å². The van der Waals surface area contributed by atoms with Crippen LogP contribution in [0.2, 0.25) is 0 Å². The molecular weight excluding hydrogens is 282 g/mol. The molecule has 5 nitrogen and oxygen atoms in total. The summed E-state index contributed by atoms with van der Waals surface area (Å²) in [6, 6.07) is 5.39. The van der Waals surface area contributed by atoms with Gasteiger partial charge in [-0.25, -0.2) is 0 Å². The Bertz CT molecular complexity index is 537. The van der Waals surface area contributed by atoms with Crippen molar-refractivity contribution in [2.45, 2.75) is 32.4 Å². The first-order chi connectivity index (χ1) is 9.99. The highest BCUT2D eigenvalue weighted by Gasteiger charge is 2.32. The molecule has 2 rings (SSSR count). The lowest BCUT2D eigenvalue weighted by Crippen LogP contribution is -2.42. The van der Waals surface area contributed by atoms with Gasteiger partial charge in [0.25, 0.3) is 0 Å². The molecule has 0 saturated carbocycles. The fourth-order valence-corrected chi connectivity index (χ4v) is 2.40. The van der Waals surface area contributed by atoms with Crippen molar-refractivity contribution < 1.29 is 23.1 Å². The number of amides is 2. The molecule has 2 amide bonds. The van der Waals surface area contributed by atoms with Gasteiger partial charge in [0.05, 0.1) is 5.69 Å². The van der Waals surface area contributed by atoms with Gasteiger partial charge in [-0.3, -0.25) is 9.59 Å². The van der Waals surface area contributed by atoms with Crippen molar-refractivity contribution in [3.8, 4) is 5.75 Å². The number of anilines is 1. The Hall–Kier alpha value is -2.18. The summed E-state index contributed by atoms with van der Waals surface area (Å²) in [7, 11) is 0. The Balaban J connectivity index is 2.11. The molecule has 0 spiro atoms. The van der Waals surface area contributed by atoms with Crippen molar-refractivity contribution in [1.82, 2.24) is 4.90 Å². The molecule has 0 aromatic heterocycles. The molecule has 1 saturated heterocycles. The van der Waals surface area contributed by atoms with Gasteiger partial charge in [0, 0.05) is 13.5 Å². The monoisotopic (exact) mass is 298 g/mol. The number of nitrogens with one attached hydrogen (secondary N) is 1. The van der Waals surface area contributed by atoms with Crippen molar-refractivity contribution >= 4 is 17.5 Å². The van der Waals surface area contributed by atoms with Gasteiger partial charge in [0.1, 0.15) is 11.8 Å². The second-order valence-corrected chi connectivity index (χ2v) is 4.73. The fraction of sp³-hybridized carbons (Fsp3) is 0.429. The van der Waals surface area contributed by atoms with E-state index in [0.717, 1.165) is 6.42 Å². The van der Waals surface area contributed by atoms with E-state index in [1.165, 1.54) is 30.0 Å². The number of rotatable bonds is 4. The van der Waals surface area contributed by atoms with Crippen LogP contribution < -0.4 is 10.1 Å². The predicted octanol–water partition coefficient (Wildman–Crippen LogP) is 2.24. The third-order valence-electron chi connectivity index (χ3n) is 3.32. The number of likely N-dealkylation sites (tertiary alicyclic amines) is 1. The molecule has 0 radical (unpaired) electrons. The largest absolute Gasteiger partial charge is 0.433 e. The zero-order valence-electron chi connectivity index (χ0n) is 11.5. The molecule has 1 aliphatic rings. The van der Waals surface area contributed by atoms with Crippen molar-refractivity contribution in [2.24, 2.45) is 0 Å². The van der Waals surface area contributed by atoms with E-state index in [9.17, 15) is 18.4 Å². The summed E-state index contributed by atoms with van der Waals surface area (Å²) in [5, 5.41) is 2.55. The van der Waals surface area contributed by atoms with Gasteiger partial charge in [-0.05, 0) is 25.0 Å². The molecule has 1 N–H and O–H groups in total. The number of hydrogen-bond acceptors (Lipinski definition) is 3. The SMILES string of the molecule is CC(=O)N1CCCC1C(=O)Nc1ccccc1OC(F)F. The summed E-state index contributed by atoms with van der Waals surface area (Å²) in [5.41, 5.74) is 0.165. The van der Waals surface area contributed by atoms with Crippen LogP contribution >= 0.6 is 0 Å². The van der Waals surface area contributed by atoms with Crippen LogP contribution in [0.15, 0.2) is 24.3 Å². The molecule has 1 fully saturated rings. The maximum absolute atomic E-state index is 12.3.